The van der Waals surface area contributed by atoms with E-state index >= 15 is 0 Å². The first kappa shape index (κ1) is 21.5. The number of nitrogens with one attached hydrogen (secondary N) is 1. The van der Waals surface area contributed by atoms with Crippen molar-refractivity contribution in [1.29, 1.82) is 0 Å². The van der Waals surface area contributed by atoms with E-state index in [1.807, 2.05) is 72.8 Å². The third kappa shape index (κ3) is 3.32. The normalized spacial score (nSPS) is 11.6. The monoisotopic (exact) mass is 520 g/mol. The molecule has 1 N–H and O–H groups in total. The molecule has 4 aromatic carbocycles. The van der Waals surface area contributed by atoms with Crippen molar-refractivity contribution >= 4 is 96.7 Å². The lowest BCUT2D eigenvalue weighted by molar-refractivity contribution is 1.51. The summed E-state index contributed by atoms with van der Waals surface area (Å²) in [5.41, 5.74) is 3.95. The summed E-state index contributed by atoms with van der Waals surface area (Å²) in [4.78, 5) is 20.6. The molecular weight excluding hydrogens is 504 g/mol. The van der Waals surface area contributed by atoms with Crippen LogP contribution in [-0.4, -0.2) is 9.97 Å². The van der Waals surface area contributed by atoms with Crippen molar-refractivity contribution in [2.24, 2.45) is 0 Å². The predicted octanol–water partition coefficient (Wildman–Crippen LogP) is 9.15. The summed E-state index contributed by atoms with van der Waals surface area (Å²) < 4.78 is 4.28. The Bertz CT molecular complexity index is 2160. The molecule has 8 aromatic rings. The van der Waals surface area contributed by atoms with Gasteiger partial charge in [-0.25, -0.2) is 4.98 Å². The lowest BCUT2D eigenvalue weighted by Gasteiger charge is -2.00. The Balaban J connectivity index is 0.000000122. The molecule has 172 valence electrons. The van der Waals surface area contributed by atoms with Gasteiger partial charge in [-0.1, -0.05) is 78.3 Å². The van der Waals surface area contributed by atoms with Gasteiger partial charge < -0.3 is 4.98 Å². The van der Waals surface area contributed by atoms with Crippen molar-refractivity contribution in [2.45, 2.75) is 0 Å². The van der Waals surface area contributed by atoms with E-state index in [1.165, 1.54) is 10.1 Å². The number of pyridine rings is 2. The number of hydrogen-bond donors (Lipinski definition) is 1. The number of hydrogen-bond acceptors (Lipinski definition) is 4. The van der Waals surface area contributed by atoms with Crippen LogP contribution in [0.25, 0.3) is 62.4 Å². The SMILES string of the molecule is Clc1c2ccccc2nc2c1sc1ccccc12.O=c1c2ccccc2[nH]c2c1sc1ccccc12. The molecule has 0 saturated heterocycles. The first-order chi connectivity index (χ1) is 17.7. The Morgan fingerprint density at radius 1 is 0.639 bits per heavy atom. The van der Waals surface area contributed by atoms with Gasteiger partial charge in [0, 0.05) is 36.5 Å². The van der Waals surface area contributed by atoms with E-state index in [-0.39, 0.29) is 5.43 Å². The molecule has 0 aliphatic rings. The number of nitrogens with zero attached hydrogens (tertiary/aromatic N) is 1. The van der Waals surface area contributed by atoms with Gasteiger partial charge in [0.05, 0.1) is 31.0 Å². The van der Waals surface area contributed by atoms with Crippen molar-refractivity contribution in [3.8, 4) is 0 Å². The number of halogens is 1. The van der Waals surface area contributed by atoms with Gasteiger partial charge in [-0.3, -0.25) is 4.79 Å². The van der Waals surface area contributed by atoms with E-state index < -0.39 is 0 Å². The fraction of sp³-hybridized carbons (Fsp3) is 0. The van der Waals surface area contributed by atoms with Gasteiger partial charge in [-0.15, -0.1) is 22.7 Å². The van der Waals surface area contributed by atoms with Crippen molar-refractivity contribution in [2.75, 3.05) is 0 Å². The van der Waals surface area contributed by atoms with Crippen molar-refractivity contribution in [3.05, 3.63) is 112 Å². The standard InChI is InChI=1S/C15H8ClNS.C15H9NOS/c16-13-9-5-1-3-7-11(9)17-14-10-6-2-4-8-12(10)18-15(13)14;17-14-9-5-1-3-7-11(9)16-13-10-6-2-4-8-12(10)18-15(13)14/h1-8H;1-8H,(H,16,17). The zero-order valence-electron chi connectivity index (χ0n) is 18.8. The number of aromatic nitrogens is 2. The topological polar surface area (TPSA) is 45.8 Å². The second-order valence-corrected chi connectivity index (χ2v) is 11.0. The molecule has 8 rings (SSSR count). The fourth-order valence-electron chi connectivity index (χ4n) is 4.67. The Labute approximate surface area is 218 Å². The lowest BCUT2D eigenvalue weighted by Crippen LogP contribution is -2.01. The molecule has 0 aliphatic carbocycles. The highest BCUT2D eigenvalue weighted by Crippen LogP contribution is 2.40. The lowest BCUT2D eigenvalue weighted by atomic mass is 10.1. The van der Waals surface area contributed by atoms with E-state index in [1.54, 1.807) is 22.7 Å². The summed E-state index contributed by atoms with van der Waals surface area (Å²) in [6.07, 6.45) is 0. The average Bonchev–Trinajstić information content (AvgIpc) is 3.49. The highest BCUT2D eigenvalue weighted by molar-refractivity contribution is 7.26. The third-order valence-electron chi connectivity index (χ3n) is 6.37. The Morgan fingerprint density at radius 3 is 2.03 bits per heavy atom. The number of H-pyrrole nitrogens is 1. The van der Waals surface area contributed by atoms with Gasteiger partial charge in [0.2, 0.25) is 5.43 Å². The largest absolute Gasteiger partial charge is 0.353 e. The van der Waals surface area contributed by atoms with Crippen molar-refractivity contribution in [1.82, 2.24) is 9.97 Å². The van der Waals surface area contributed by atoms with Crippen molar-refractivity contribution in [3.63, 3.8) is 0 Å². The smallest absolute Gasteiger partial charge is 0.207 e. The molecule has 36 heavy (non-hydrogen) atoms. The quantitative estimate of drug-likeness (QED) is 0.216. The first-order valence-corrected chi connectivity index (χ1v) is 13.5. The van der Waals surface area contributed by atoms with Crippen LogP contribution in [0.2, 0.25) is 5.02 Å². The van der Waals surface area contributed by atoms with Crippen LogP contribution in [0.15, 0.2) is 102 Å². The zero-order valence-corrected chi connectivity index (χ0v) is 21.2. The van der Waals surface area contributed by atoms with Crippen LogP contribution < -0.4 is 5.43 Å². The molecule has 0 unspecified atom stereocenters. The summed E-state index contributed by atoms with van der Waals surface area (Å²) in [6.45, 7) is 0. The van der Waals surface area contributed by atoms with Gasteiger partial charge in [-0.2, -0.15) is 0 Å². The van der Waals surface area contributed by atoms with Crippen molar-refractivity contribution < 1.29 is 0 Å². The van der Waals surface area contributed by atoms with Gasteiger partial charge in [-0.05, 0) is 30.3 Å². The number of benzene rings is 4. The molecule has 0 bridgehead atoms. The predicted molar refractivity (Wildman–Crippen MR) is 157 cm³/mol. The maximum absolute atomic E-state index is 12.4. The van der Waals surface area contributed by atoms with Crippen LogP contribution in [0.5, 0.6) is 0 Å². The zero-order chi connectivity index (χ0) is 24.2. The van der Waals surface area contributed by atoms with Crippen LogP contribution in [0.1, 0.15) is 0 Å². The Hall–Kier alpha value is -3.77. The summed E-state index contributed by atoms with van der Waals surface area (Å²) in [5.74, 6) is 0. The Kier molecular flexibility index (Phi) is 5.03. The molecule has 0 atom stereocenters. The number of aromatic amines is 1. The van der Waals surface area contributed by atoms with E-state index in [9.17, 15) is 4.79 Å². The van der Waals surface area contributed by atoms with Gasteiger partial charge in [0.25, 0.3) is 0 Å². The number of thiophene rings is 2. The molecule has 3 nitrogen and oxygen atoms in total. The van der Waals surface area contributed by atoms with Crippen LogP contribution in [0, 0.1) is 0 Å². The second kappa shape index (κ2) is 8.42. The van der Waals surface area contributed by atoms with E-state index in [0.717, 1.165) is 57.3 Å². The van der Waals surface area contributed by atoms with E-state index in [4.69, 9.17) is 16.6 Å². The summed E-state index contributed by atoms with van der Waals surface area (Å²) in [6, 6.07) is 32.1. The maximum Gasteiger partial charge on any atom is 0.207 e. The molecule has 4 heterocycles. The molecule has 0 radical (unpaired) electrons. The minimum atomic E-state index is 0.126. The number of rotatable bonds is 0. The Morgan fingerprint density at radius 2 is 1.22 bits per heavy atom. The number of fused-ring (bicyclic) bond motifs is 8. The summed E-state index contributed by atoms with van der Waals surface area (Å²) in [7, 11) is 0. The molecule has 0 saturated carbocycles. The first-order valence-electron chi connectivity index (χ1n) is 11.5. The van der Waals surface area contributed by atoms with E-state index in [0.29, 0.717) is 0 Å². The minimum Gasteiger partial charge on any atom is -0.353 e. The van der Waals surface area contributed by atoms with Crippen LogP contribution in [-0.2, 0) is 0 Å². The minimum absolute atomic E-state index is 0.126. The molecule has 0 amide bonds. The summed E-state index contributed by atoms with van der Waals surface area (Å²) in [5, 5.41) is 4.91. The highest BCUT2D eigenvalue weighted by atomic mass is 35.5. The van der Waals surface area contributed by atoms with Gasteiger partial charge >= 0.3 is 0 Å². The molecular formula is C30H17ClN2OS2. The molecule has 4 aromatic heterocycles. The van der Waals surface area contributed by atoms with Crippen LogP contribution >= 0.6 is 34.3 Å². The highest BCUT2D eigenvalue weighted by Gasteiger charge is 2.13. The fourth-order valence-corrected chi connectivity index (χ4v) is 7.24. The van der Waals surface area contributed by atoms with Crippen LogP contribution in [0.3, 0.4) is 0 Å². The second-order valence-electron chi connectivity index (χ2n) is 8.52. The molecule has 0 spiro atoms. The van der Waals surface area contributed by atoms with Gasteiger partial charge in [0.1, 0.15) is 0 Å². The van der Waals surface area contributed by atoms with E-state index in [2.05, 4.69) is 29.2 Å². The molecule has 6 heteroatoms. The average molecular weight is 521 g/mol. The summed E-state index contributed by atoms with van der Waals surface area (Å²) >= 11 is 9.78. The third-order valence-corrected chi connectivity index (χ3v) is 9.23. The maximum atomic E-state index is 12.4. The van der Waals surface area contributed by atoms with Gasteiger partial charge in [0.15, 0.2) is 0 Å². The number of para-hydroxylation sites is 2. The molecule has 0 fully saturated rings. The molecule has 0 aliphatic heterocycles. The van der Waals surface area contributed by atoms with Crippen LogP contribution in [0.4, 0.5) is 0 Å².